The highest BCUT2D eigenvalue weighted by Crippen LogP contribution is 2.40. The molecule has 14 rings (SSSR count). The van der Waals surface area contributed by atoms with E-state index in [0.29, 0.717) is 159 Å². The molecule has 0 atom stereocenters. The van der Waals surface area contributed by atoms with Gasteiger partial charge in [0.25, 0.3) is 0 Å². The molecule has 2 saturated carbocycles. The minimum Gasteiger partial charge on any atom is -0.335 e. The van der Waals surface area contributed by atoms with Crippen LogP contribution in [0.15, 0.2) is 37.2 Å². The minimum absolute atomic E-state index is 0.00964. The number of likely N-dealkylation sites (tertiary alicyclic amines) is 1. The van der Waals surface area contributed by atoms with Crippen LogP contribution in [0.5, 0.6) is 0 Å². The summed E-state index contributed by atoms with van der Waals surface area (Å²) in [5.41, 5.74) is 3.44. The van der Waals surface area contributed by atoms with Crippen molar-refractivity contribution < 1.29 is 34.8 Å². The molecule has 480 valence electrons. The number of aryl methyl sites for hydroxylation is 2. The molecule has 5 fully saturated rings. The molecular weight excluding hydrogens is 1350 g/mol. The highest BCUT2D eigenvalue weighted by molar-refractivity contribution is 7.90. The molecule has 0 bridgehead atoms. The Bertz CT molecular complexity index is 4410. The maximum absolute atomic E-state index is 12.6. The van der Waals surface area contributed by atoms with Crippen molar-refractivity contribution >= 4 is 164 Å². The van der Waals surface area contributed by atoms with Crippen molar-refractivity contribution in [2.24, 2.45) is 14.1 Å². The number of rotatable bonds is 13. The van der Waals surface area contributed by atoms with Crippen molar-refractivity contribution in [3.05, 3.63) is 68.1 Å². The number of sulfonamides is 2. The largest absolute Gasteiger partial charge is 0.471 e. The molecule has 3 aliphatic heterocycles. The van der Waals surface area contributed by atoms with Crippen LogP contribution in [-0.4, -0.2) is 182 Å². The molecule has 90 heavy (non-hydrogen) atoms. The number of nitrogens with one attached hydrogen (secondary N) is 3. The number of carbonyl (C=O) groups is 1. The molecule has 0 spiro atoms. The molecular formula is C50H55Cl6F3N24O5S2. The van der Waals surface area contributed by atoms with Crippen molar-refractivity contribution in [2.45, 2.75) is 99.8 Å². The van der Waals surface area contributed by atoms with Gasteiger partial charge in [-0.25, -0.2) is 54.4 Å². The zero-order valence-corrected chi connectivity index (χ0v) is 54.0. The van der Waals surface area contributed by atoms with Gasteiger partial charge in [-0.15, -0.1) is 0 Å². The van der Waals surface area contributed by atoms with E-state index < -0.39 is 32.1 Å². The fourth-order valence-corrected chi connectivity index (χ4v) is 14.8. The van der Waals surface area contributed by atoms with Gasteiger partial charge in [-0.2, -0.15) is 58.7 Å². The second kappa shape index (κ2) is 25.2. The molecule has 3 saturated heterocycles. The number of halogens is 9. The summed E-state index contributed by atoms with van der Waals surface area (Å²) in [7, 11) is -2.83. The van der Waals surface area contributed by atoms with E-state index in [2.05, 4.69) is 76.4 Å². The Labute approximate surface area is 540 Å². The Kier molecular flexibility index (Phi) is 17.8. The van der Waals surface area contributed by atoms with Crippen LogP contribution in [0.1, 0.15) is 88.4 Å². The number of amides is 1. The van der Waals surface area contributed by atoms with E-state index in [9.17, 15) is 34.8 Å². The standard InChI is InChI=1S/2C17H20Cl2N8O2S.C16H15Cl2F3N8O/c1-30(28,29)25-6-4-10(5-7-25)26-9-13(15(19)23-26)21-17-20-8-12-14(18)24-27(11-2-3-11)16(12)22-17;1-25-16-12(14(18)23-25)8-20-17(22-16)21-13-9-27(24-15(13)19)10-4-6-26(7-5-10)30(28,29)11-2-3-11;1-27-13-9(11(17)25-27)6-22-15(24-13)23-10-7-29(26-12(10)18)8-2-4-28(5-3-8)14(30)16(19,20)21/h2*8-11H,2-7H2,1H3,(H,20,21,22);6-8H,2-5H2,1H3,(H,22,23,24). The number of hydrogen-bond donors (Lipinski definition) is 3. The van der Waals surface area contributed by atoms with Crippen LogP contribution in [-0.2, 0) is 38.9 Å². The third-order valence-electron chi connectivity index (χ3n) is 15.9. The topological polar surface area (TPSA) is 315 Å². The summed E-state index contributed by atoms with van der Waals surface area (Å²) in [5.74, 6) is -0.818. The molecule has 29 nitrogen and oxygen atoms in total. The molecule has 0 radical (unpaired) electrons. The highest BCUT2D eigenvalue weighted by Gasteiger charge is 2.44. The molecule has 5 aliphatic rings. The van der Waals surface area contributed by atoms with Crippen LogP contribution in [0.2, 0.25) is 30.9 Å². The van der Waals surface area contributed by atoms with Crippen LogP contribution >= 0.6 is 69.6 Å². The van der Waals surface area contributed by atoms with Gasteiger partial charge >= 0.3 is 12.1 Å². The highest BCUT2D eigenvalue weighted by atomic mass is 35.5. The summed E-state index contributed by atoms with van der Waals surface area (Å²) < 4.78 is 99.2. The Balaban J connectivity index is 0.000000131. The fraction of sp³-hybridized carbons (Fsp3) is 0.500. The van der Waals surface area contributed by atoms with E-state index in [-0.39, 0.29) is 47.6 Å². The molecule has 0 unspecified atom stereocenters. The van der Waals surface area contributed by atoms with Crippen LogP contribution < -0.4 is 16.0 Å². The van der Waals surface area contributed by atoms with E-state index in [0.717, 1.165) is 30.6 Å². The normalized spacial score (nSPS) is 17.8. The monoisotopic (exact) mass is 1400 g/mol. The zero-order valence-electron chi connectivity index (χ0n) is 47.8. The lowest BCUT2D eigenvalue weighted by Gasteiger charge is -2.32. The first-order valence-electron chi connectivity index (χ1n) is 28.2. The lowest BCUT2D eigenvalue weighted by Crippen LogP contribution is -2.45. The summed E-state index contributed by atoms with van der Waals surface area (Å²) in [4.78, 5) is 38.3. The Morgan fingerprint density at radius 1 is 0.489 bits per heavy atom. The minimum atomic E-state index is -4.86. The first kappa shape index (κ1) is 63.6. The maximum atomic E-state index is 12.6. The number of nitrogens with zero attached hydrogens (tertiary/aromatic N) is 21. The summed E-state index contributed by atoms with van der Waals surface area (Å²) in [6.45, 7) is 1.93. The average molecular weight is 1410 g/mol. The first-order chi connectivity index (χ1) is 42.7. The quantitative estimate of drug-likeness (QED) is 0.0968. The Hall–Kier alpha value is -6.50. The summed E-state index contributed by atoms with van der Waals surface area (Å²) in [5, 5.41) is 38.4. The number of alkyl halides is 3. The molecule has 40 heteroatoms. The summed E-state index contributed by atoms with van der Waals surface area (Å²) >= 11 is 37.1. The van der Waals surface area contributed by atoms with Crippen LogP contribution in [0.3, 0.4) is 0 Å². The molecule has 2 aliphatic carbocycles. The maximum Gasteiger partial charge on any atom is 0.471 e. The van der Waals surface area contributed by atoms with Gasteiger partial charge in [0, 0.05) is 72.0 Å². The van der Waals surface area contributed by atoms with Crippen molar-refractivity contribution in [1.82, 2.24) is 102 Å². The lowest BCUT2D eigenvalue weighted by molar-refractivity contribution is -0.186. The van der Waals surface area contributed by atoms with E-state index in [1.165, 1.54) is 21.4 Å². The first-order valence-corrected chi connectivity index (χ1v) is 33.8. The lowest BCUT2D eigenvalue weighted by atomic mass is 10.1. The summed E-state index contributed by atoms with van der Waals surface area (Å²) in [6, 6.07) is 0.319. The van der Waals surface area contributed by atoms with Gasteiger partial charge in [0.1, 0.15) is 0 Å². The number of carbonyl (C=O) groups excluding carboxylic acids is 1. The van der Waals surface area contributed by atoms with Crippen LogP contribution in [0, 0.1) is 0 Å². The molecule has 0 aromatic carbocycles. The van der Waals surface area contributed by atoms with Gasteiger partial charge in [0.15, 0.2) is 47.9 Å². The van der Waals surface area contributed by atoms with Crippen molar-refractivity contribution in [1.29, 1.82) is 0 Å². The molecule has 3 N–H and O–H groups in total. The van der Waals surface area contributed by atoms with Gasteiger partial charge in [-0.3, -0.25) is 18.8 Å². The number of piperidine rings is 3. The average Bonchev–Trinajstić information content (AvgIpc) is 1.77. The van der Waals surface area contributed by atoms with Crippen LogP contribution in [0.4, 0.5) is 48.1 Å². The second-order valence-corrected chi connectivity index (χ2v) is 28.5. The Morgan fingerprint density at radius 3 is 1.23 bits per heavy atom. The summed E-state index contributed by atoms with van der Waals surface area (Å²) in [6.07, 6.45) is 13.5. The smallest absolute Gasteiger partial charge is 0.335 e. The van der Waals surface area contributed by atoms with Gasteiger partial charge < -0.3 is 20.9 Å². The van der Waals surface area contributed by atoms with Crippen molar-refractivity contribution in [3.63, 3.8) is 0 Å². The van der Waals surface area contributed by atoms with Crippen molar-refractivity contribution in [2.75, 3.05) is 61.5 Å². The van der Waals surface area contributed by atoms with Gasteiger partial charge in [0.05, 0.1) is 87.5 Å². The third kappa shape index (κ3) is 13.7. The number of anilines is 6. The Morgan fingerprint density at radius 2 is 0.856 bits per heavy atom. The predicted molar refractivity (Wildman–Crippen MR) is 330 cm³/mol. The fourth-order valence-electron chi connectivity index (χ4n) is 10.8. The predicted octanol–water partition coefficient (Wildman–Crippen LogP) is 9.08. The number of fused-ring (bicyclic) bond motifs is 3. The molecule has 9 aromatic rings. The van der Waals surface area contributed by atoms with E-state index in [1.807, 2.05) is 17.1 Å². The van der Waals surface area contributed by atoms with Gasteiger partial charge in [-0.05, 0) is 64.2 Å². The zero-order chi connectivity index (χ0) is 63.7. The van der Waals surface area contributed by atoms with Crippen molar-refractivity contribution in [3.8, 4) is 0 Å². The molecule has 1 amide bonds. The van der Waals surface area contributed by atoms with Gasteiger partial charge in [0.2, 0.25) is 37.9 Å². The molecule has 9 aromatic heterocycles. The van der Waals surface area contributed by atoms with E-state index in [1.54, 1.807) is 55.7 Å². The van der Waals surface area contributed by atoms with Crippen LogP contribution in [0.25, 0.3) is 33.1 Å². The number of hydrogen-bond acceptors (Lipinski definition) is 20. The van der Waals surface area contributed by atoms with E-state index in [4.69, 9.17) is 69.6 Å². The third-order valence-corrected chi connectivity index (χ3v) is 21.3. The van der Waals surface area contributed by atoms with Gasteiger partial charge in [-0.1, -0.05) is 69.6 Å². The second-order valence-electron chi connectivity index (χ2n) is 22.2. The SMILES string of the molecule is CS(=O)(=O)N1CCC(n2cc(Nc3ncc4c(Cl)nn(C5CC5)c4n3)c(Cl)n2)CC1.Cn1nc(Cl)c2cnc(Nc3cn(C4CCN(C(=O)C(F)(F)F)CC4)nc3Cl)nc21.Cn1nc(Cl)c2cnc(Nc3cn(C4CCN(S(=O)(=O)C5CC5)CC4)nc3Cl)nc21. The number of aromatic nitrogens is 18. The van der Waals surface area contributed by atoms with E-state index >= 15 is 0 Å². The molecule has 12 heterocycles.